The first-order valence-electron chi connectivity index (χ1n) is 8.33. The molecule has 126 valence electrons. The van der Waals surface area contributed by atoms with Crippen LogP contribution in [0.5, 0.6) is 0 Å². The van der Waals surface area contributed by atoms with E-state index in [1.807, 2.05) is 85.8 Å². The van der Waals surface area contributed by atoms with Crippen molar-refractivity contribution in [2.45, 2.75) is 6.92 Å². The van der Waals surface area contributed by atoms with Gasteiger partial charge in [-0.25, -0.2) is 15.0 Å². The maximum atomic E-state index is 6.24. The largest absolute Gasteiger partial charge is 0.208 e. The average Bonchev–Trinajstić information content (AvgIpc) is 2.68. The molecule has 0 aliphatic heterocycles. The van der Waals surface area contributed by atoms with Gasteiger partial charge in [0.15, 0.2) is 17.5 Å². The van der Waals surface area contributed by atoms with Gasteiger partial charge in [-0.15, -0.1) is 0 Å². The van der Waals surface area contributed by atoms with Crippen LogP contribution in [0.3, 0.4) is 0 Å². The molecule has 0 atom stereocenters. The lowest BCUT2D eigenvalue weighted by molar-refractivity contribution is 1.07. The van der Waals surface area contributed by atoms with Gasteiger partial charge in [0.05, 0.1) is 0 Å². The molecule has 1 heterocycles. The normalized spacial score (nSPS) is 10.7. The number of nitrogens with zero attached hydrogens (tertiary/aromatic N) is 3. The van der Waals surface area contributed by atoms with Crippen molar-refractivity contribution < 1.29 is 0 Å². The van der Waals surface area contributed by atoms with E-state index in [9.17, 15) is 0 Å². The first-order valence-corrected chi connectivity index (χ1v) is 8.71. The molecule has 4 aromatic rings. The Balaban J connectivity index is 1.93. The number of hydrogen-bond donors (Lipinski definition) is 0. The highest BCUT2D eigenvalue weighted by Gasteiger charge is 2.12. The van der Waals surface area contributed by atoms with E-state index in [-0.39, 0.29) is 0 Å². The minimum atomic E-state index is 0.614. The molecule has 0 fully saturated rings. The smallest absolute Gasteiger partial charge is 0.164 e. The Bertz CT molecular complexity index is 969. The van der Waals surface area contributed by atoms with Gasteiger partial charge in [0.1, 0.15) is 0 Å². The van der Waals surface area contributed by atoms with E-state index in [1.54, 1.807) is 0 Å². The zero-order chi connectivity index (χ0) is 17.9. The van der Waals surface area contributed by atoms with Gasteiger partial charge < -0.3 is 0 Å². The highest BCUT2D eigenvalue weighted by Crippen LogP contribution is 2.26. The van der Waals surface area contributed by atoms with Crippen LogP contribution in [0.1, 0.15) is 5.56 Å². The second-order valence-electron chi connectivity index (χ2n) is 6.06. The second kappa shape index (κ2) is 7.06. The highest BCUT2D eigenvalue weighted by atomic mass is 35.5. The summed E-state index contributed by atoms with van der Waals surface area (Å²) >= 11 is 6.24. The fourth-order valence-corrected chi connectivity index (χ4v) is 3.09. The van der Waals surface area contributed by atoms with E-state index < -0.39 is 0 Å². The molecule has 0 saturated heterocycles. The summed E-state index contributed by atoms with van der Waals surface area (Å²) in [4.78, 5) is 14.1. The lowest BCUT2D eigenvalue weighted by Crippen LogP contribution is -2.00. The Morgan fingerprint density at radius 3 is 1.50 bits per heavy atom. The fraction of sp³-hybridized carbons (Fsp3) is 0.0455. The van der Waals surface area contributed by atoms with Crippen LogP contribution in [-0.2, 0) is 0 Å². The Morgan fingerprint density at radius 1 is 0.577 bits per heavy atom. The summed E-state index contributed by atoms with van der Waals surface area (Å²) in [6.45, 7) is 2.01. The molecule has 26 heavy (non-hydrogen) atoms. The molecule has 0 aliphatic carbocycles. The number of halogens is 1. The summed E-state index contributed by atoms with van der Waals surface area (Å²) in [5.41, 5.74) is 3.85. The molecule has 1 aromatic heterocycles. The lowest BCUT2D eigenvalue weighted by atomic mass is 10.1. The molecule has 0 radical (unpaired) electrons. The van der Waals surface area contributed by atoms with E-state index in [0.29, 0.717) is 22.5 Å². The summed E-state index contributed by atoms with van der Waals surface area (Å²) in [5.74, 6) is 1.91. The van der Waals surface area contributed by atoms with Gasteiger partial charge in [-0.2, -0.15) is 0 Å². The molecular formula is C22H16ClN3. The third-order valence-corrected chi connectivity index (χ3v) is 4.22. The lowest BCUT2D eigenvalue weighted by Gasteiger charge is -2.09. The Kier molecular flexibility index (Phi) is 4.46. The summed E-state index contributed by atoms with van der Waals surface area (Å²) in [5, 5.41) is 0.669. The fourth-order valence-electron chi connectivity index (χ4n) is 2.80. The van der Waals surface area contributed by atoms with Gasteiger partial charge in [0, 0.05) is 21.7 Å². The number of hydrogen-bond acceptors (Lipinski definition) is 3. The molecule has 0 spiro atoms. The van der Waals surface area contributed by atoms with Crippen molar-refractivity contribution in [1.29, 1.82) is 0 Å². The molecule has 3 nitrogen and oxygen atoms in total. The van der Waals surface area contributed by atoms with Gasteiger partial charge in [0.25, 0.3) is 0 Å². The third kappa shape index (κ3) is 3.48. The maximum absolute atomic E-state index is 6.24. The van der Waals surface area contributed by atoms with Crippen molar-refractivity contribution in [2.75, 3.05) is 0 Å². The Labute approximate surface area is 157 Å². The number of aromatic nitrogens is 3. The van der Waals surface area contributed by atoms with Crippen LogP contribution in [0.25, 0.3) is 34.2 Å². The first-order chi connectivity index (χ1) is 12.7. The summed E-state index contributed by atoms with van der Waals surface area (Å²) < 4.78 is 0. The molecule has 0 bridgehead atoms. The Hall–Kier alpha value is -3.04. The van der Waals surface area contributed by atoms with Crippen LogP contribution in [0.15, 0.2) is 78.9 Å². The number of rotatable bonds is 3. The van der Waals surface area contributed by atoms with Crippen LogP contribution >= 0.6 is 11.6 Å². The second-order valence-corrected chi connectivity index (χ2v) is 6.49. The van der Waals surface area contributed by atoms with Gasteiger partial charge in [-0.05, 0) is 30.7 Å². The first kappa shape index (κ1) is 16.4. The van der Waals surface area contributed by atoms with Crippen molar-refractivity contribution in [1.82, 2.24) is 15.0 Å². The predicted octanol–water partition coefficient (Wildman–Crippen LogP) is 5.83. The molecule has 0 aliphatic rings. The van der Waals surface area contributed by atoms with Crippen LogP contribution in [-0.4, -0.2) is 15.0 Å². The van der Waals surface area contributed by atoms with Crippen LogP contribution in [0, 0.1) is 6.92 Å². The molecule has 0 unspecified atom stereocenters. The van der Waals surface area contributed by atoms with Gasteiger partial charge in [-0.1, -0.05) is 72.3 Å². The number of aryl methyl sites for hydroxylation is 1. The molecule has 0 saturated carbocycles. The van der Waals surface area contributed by atoms with E-state index in [4.69, 9.17) is 21.6 Å². The van der Waals surface area contributed by atoms with Crippen LogP contribution < -0.4 is 0 Å². The predicted molar refractivity (Wildman–Crippen MR) is 106 cm³/mol. The molecule has 4 rings (SSSR count). The SMILES string of the molecule is Cc1cc(Cl)cc(-c2nc(-c3ccccc3)nc(-c3ccccc3)n2)c1. The monoisotopic (exact) mass is 357 g/mol. The van der Waals surface area contributed by atoms with E-state index in [1.165, 1.54) is 0 Å². The van der Waals surface area contributed by atoms with E-state index in [2.05, 4.69) is 4.98 Å². The molecular weight excluding hydrogens is 342 g/mol. The van der Waals surface area contributed by atoms with Crippen LogP contribution in [0.2, 0.25) is 5.02 Å². The van der Waals surface area contributed by atoms with Gasteiger partial charge >= 0.3 is 0 Å². The van der Waals surface area contributed by atoms with Crippen molar-refractivity contribution in [2.24, 2.45) is 0 Å². The average molecular weight is 358 g/mol. The minimum absolute atomic E-state index is 0.614. The van der Waals surface area contributed by atoms with Crippen molar-refractivity contribution in [3.8, 4) is 34.2 Å². The maximum Gasteiger partial charge on any atom is 0.164 e. The summed E-state index contributed by atoms with van der Waals surface area (Å²) in [7, 11) is 0. The van der Waals surface area contributed by atoms with Gasteiger partial charge in [-0.3, -0.25) is 0 Å². The third-order valence-electron chi connectivity index (χ3n) is 4.00. The summed E-state index contributed by atoms with van der Waals surface area (Å²) in [6.07, 6.45) is 0. The highest BCUT2D eigenvalue weighted by molar-refractivity contribution is 6.30. The zero-order valence-electron chi connectivity index (χ0n) is 14.2. The minimum Gasteiger partial charge on any atom is -0.208 e. The van der Waals surface area contributed by atoms with Crippen LogP contribution in [0.4, 0.5) is 0 Å². The van der Waals surface area contributed by atoms with Crippen molar-refractivity contribution in [3.05, 3.63) is 89.4 Å². The molecule has 3 aromatic carbocycles. The van der Waals surface area contributed by atoms with Crippen molar-refractivity contribution >= 4 is 11.6 Å². The number of benzene rings is 3. The standard InChI is InChI=1S/C22H16ClN3/c1-15-12-18(14-19(23)13-15)22-25-20(16-8-4-2-5-9-16)24-21(26-22)17-10-6-3-7-11-17/h2-14H,1H3. The topological polar surface area (TPSA) is 38.7 Å². The van der Waals surface area contributed by atoms with Crippen molar-refractivity contribution in [3.63, 3.8) is 0 Å². The summed E-state index contributed by atoms with van der Waals surface area (Å²) in [6, 6.07) is 25.7. The zero-order valence-corrected chi connectivity index (χ0v) is 15.0. The van der Waals surface area contributed by atoms with E-state index in [0.717, 1.165) is 22.3 Å². The Morgan fingerprint density at radius 2 is 1.04 bits per heavy atom. The van der Waals surface area contributed by atoms with Gasteiger partial charge in [0.2, 0.25) is 0 Å². The molecule has 0 N–H and O–H groups in total. The van der Waals surface area contributed by atoms with E-state index >= 15 is 0 Å². The quantitative estimate of drug-likeness (QED) is 0.462. The molecule has 4 heteroatoms. The molecule has 0 amide bonds.